The lowest BCUT2D eigenvalue weighted by molar-refractivity contribution is 0.216. The maximum Gasteiger partial charge on any atom is 0.194 e. The fraction of sp³-hybridized carbons (Fsp3) is 0.0909. The molecule has 0 saturated carbocycles. The van der Waals surface area contributed by atoms with Gasteiger partial charge in [0.1, 0.15) is 10.4 Å². The number of benzene rings is 1. The molecule has 0 bridgehead atoms. The van der Waals surface area contributed by atoms with Crippen molar-refractivity contribution in [3.05, 3.63) is 54.9 Å². The molecule has 0 amide bonds. The van der Waals surface area contributed by atoms with Crippen LogP contribution in [0.5, 0.6) is 0 Å². The molecule has 18 heavy (non-hydrogen) atoms. The fourth-order valence-electron chi connectivity index (χ4n) is 1.40. The number of rotatable bonds is 2. The number of thiophene rings is 1. The van der Waals surface area contributed by atoms with Crippen molar-refractivity contribution in [2.75, 3.05) is 0 Å². The van der Waals surface area contributed by atoms with Crippen LogP contribution in [0, 0.1) is 17.5 Å². The molecule has 2 aromatic rings. The standard InChI is InChI=1S/C11H5BrClF3OS/c12-5-3-7(18-11(5)13)10(17)4-1-2-6(14)9(16)8(4)15/h1-3,10,17H. The minimum atomic E-state index is -1.60. The summed E-state index contributed by atoms with van der Waals surface area (Å²) in [6, 6.07) is 3.26. The highest BCUT2D eigenvalue weighted by molar-refractivity contribution is 9.10. The van der Waals surface area contributed by atoms with Crippen molar-refractivity contribution in [1.29, 1.82) is 0 Å². The summed E-state index contributed by atoms with van der Waals surface area (Å²) in [6.45, 7) is 0. The number of aliphatic hydroxyl groups excluding tert-OH is 1. The zero-order chi connectivity index (χ0) is 13.4. The van der Waals surface area contributed by atoms with Crippen LogP contribution in [-0.4, -0.2) is 5.11 Å². The predicted molar refractivity (Wildman–Crippen MR) is 67.4 cm³/mol. The summed E-state index contributed by atoms with van der Waals surface area (Å²) in [7, 11) is 0. The summed E-state index contributed by atoms with van der Waals surface area (Å²) in [5, 5.41) is 9.93. The molecule has 0 aliphatic heterocycles. The normalized spacial score (nSPS) is 12.8. The average molecular weight is 358 g/mol. The molecule has 1 aromatic heterocycles. The SMILES string of the molecule is OC(c1cc(Br)c(Cl)s1)c1ccc(F)c(F)c1F. The van der Waals surface area contributed by atoms with Crippen LogP contribution in [0.25, 0.3) is 0 Å². The summed E-state index contributed by atoms with van der Waals surface area (Å²) in [5.41, 5.74) is -0.334. The minimum Gasteiger partial charge on any atom is -0.383 e. The Morgan fingerprint density at radius 3 is 2.44 bits per heavy atom. The van der Waals surface area contributed by atoms with E-state index in [9.17, 15) is 18.3 Å². The Morgan fingerprint density at radius 1 is 1.22 bits per heavy atom. The molecule has 7 heteroatoms. The van der Waals surface area contributed by atoms with E-state index < -0.39 is 23.6 Å². The summed E-state index contributed by atoms with van der Waals surface area (Å²) >= 11 is 9.95. The number of aliphatic hydroxyl groups is 1. The Kier molecular flexibility index (Phi) is 4.01. The second kappa shape index (κ2) is 5.21. The molecule has 1 atom stereocenters. The first kappa shape index (κ1) is 13.9. The molecule has 0 fully saturated rings. The van der Waals surface area contributed by atoms with Gasteiger partial charge in [-0.2, -0.15) is 0 Å². The Labute approximate surface area is 118 Å². The van der Waals surface area contributed by atoms with Gasteiger partial charge in [0.2, 0.25) is 0 Å². The van der Waals surface area contributed by atoms with Crippen LogP contribution in [0.3, 0.4) is 0 Å². The molecule has 1 aromatic carbocycles. The Morgan fingerprint density at radius 2 is 1.89 bits per heavy atom. The molecule has 0 radical (unpaired) electrons. The van der Waals surface area contributed by atoms with E-state index in [-0.39, 0.29) is 5.56 Å². The summed E-state index contributed by atoms with van der Waals surface area (Å²) in [5.74, 6) is -4.30. The van der Waals surface area contributed by atoms with Gasteiger partial charge in [-0.25, -0.2) is 13.2 Å². The van der Waals surface area contributed by atoms with E-state index in [4.69, 9.17) is 11.6 Å². The predicted octanol–water partition coefficient (Wildman–Crippen LogP) is 4.66. The molecule has 1 nitrogen and oxygen atoms in total. The summed E-state index contributed by atoms with van der Waals surface area (Å²) in [6.07, 6.45) is -1.39. The molecule has 2 rings (SSSR count). The second-order valence-electron chi connectivity index (χ2n) is 3.44. The lowest BCUT2D eigenvalue weighted by Crippen LogP contribution is -2.04. The van der Waals surface area contributed by atoms with Gasteiger partial charge in [-0.3, -0.25) is 0 Å². The lowest BCUT2D eigenvalue weighted by Gasteiger charge is -2.10. The topological polar surface area (TPSA) is 20.2 Å². The minimum absolute atomic E-state index is 0.330. The molecule has 1 N–H and O–H groups in total. The largest absolute Gasteiger partial charge is 0.383 e. The van der Waals surface area contributed by atoms with Crippen molar-refractivity contribution < 1.29 is 18.3 Å². The van der Waals surface area contributed by atoms with Gasteiger partial charge in [-0.15, -0.1) is 11.3 Å². The third-order valence-corrected chi connectivity index (χ3v) is 4.82. The van der Waals surface area contributed by atoms with Gasteiger partial charge in [-0.05, 0) is 34.1 Å². The molecule has 1 unspecified atom stereocenters. The van der Waals surface area contributed by atoms with Crippen molar-refractivity contribution in [2.24, 2.45) is 0 Å². The van der Waals surface area contributed by atoms with Gasteiger partial charge in [0.05, 0.1) is 0 Å². The second-order valence-corrected chi connectivity index (χ2v) is 5.98. The fourth-order valence-corrected chi connectivity index (χ4v) is 3.14. The third kappa shape index (κ3) is 2.42. The van der Waals surface area contributed by atoms with Crippen LogP contribution in [0.15, 0.2) is 22.7 Å². The maximum absolute atomic E-state index is 13.5. The third-order valence-electron chi connectivity index (χ3n) is 2.29. The van der Waals surface area contributed by atoms with Crippen molar-refractivity contribution in [3.63, 3.8) is 0 Å². The molecule has 0 aliphatic carbocycles. The highest BCUT2D eigenvalue weighted by Crippen LogP contribution is 2.38. The lowest BCUT2D eigenvalue weighted by atomic mass is 10.1. The molecule has 0 spiro atoms. The zero-order valence-electron chi connectivity index (χ0n) is 8.55. The van der Waals surface area contributed by atoms with E-state index >= 15 is 0 Å². The van der Waals surface area contributed by atoms with Crippen LogP contribution in [0.1, 0.15) is 16.5 Å². The van der Waals surface area contributed by atoms with E-state index in [1.807, 2.05) is 0 Å². The zero-order valence-corrected chi connectivity index (χ0v) is 11.7. The Bertz CT molecular complexity index is 583. The van der Waals surface area contributed by atoms with Gasteiger partial charge < -0.3 is 5.11 Å². The van der Waals surface area contributed by atoms with Crippen molar-refractivity contribution >= 4 is 38.9 Å². The molecular formula is C11H5BrClF3OS. The van der Waals surface area contributed by atoms with Gasteiger partial charge in [-0.1, -0.05) is 11.6 Å². The van der Waals surface area contributed by atoms with Crippen LogP contribution in [-0.2, 0) is 0 Å². The first-order valence-corrected chi connectivity index (χ1v) is 6.66. The quantitative estimate of drug-likeness (QED) is 0.775. The summed E-state index contributed by atoms with van der Waals surface area (Å²) < 4.78 is 40.2. The Hall–Kier alpha value is -0.560. The smallest absolute Gasteiger partial charge is 0.194 e. The molecule has 1 heterocycles. The Balaban J connectivity index is 2.46. The van der Waals surface area contributed by atoms with E-state index in [2.05, 4.69) is 15.9 Å². The van der Waals surface area contributed by atoms with Gasteiger partial charge in [0.25, 0.3) is 0 Å². The van der Waals surface area contributed by atoms with Crippen molar-refractivity contribution in [1.82, 2.24) is 0 Å². The highest BCUT2D eigenvalue weighted by atomic mass is 79.9. The number of hydrogen-bond acceptors (Lipinski definition) is 2. The monoisotopic (exact) mass is 356 g/mol. The van der Waals surface area contributed by atoms with Crippen molar-refractivity contribution in [2.45, 2.75) is 6.10 Å². The van der Waals surface area contributed by atoms with Crippen LogP contribution in [0.2, 0.25) is 4.34 Å². The first-order valence-electron chi connectivity index (χ1n) is 4.68. The van der Waals surface area contributed by atoms with E-state index in [1.165, 1.54) is 6.07 Å². The van der Waals surface area contributed by atoms with Crippen LogP contribution >= 0.6 is 38.9 Å². The highest BCUT2D eigenvalue weighted by Gasteiger charge is 2.22. The molecule has 0 aliphatic rings. The van der Waals surface area contributed by atoms with Gasteiger partial charge in [0, 0.05) is 14.9 Å². The maximum atomic E-state index is 13.5. The van der Waals surface area contributed by atoms with Gasteiger partial charge in [0.15, 0.2) is 17.5 Å². The summed E-state index contributed by atoms with van der Waals surface area (Å²) in [4.78, 5) is 0.330. The molecular weight excluding hydrogens is 353 g/mol. The average Bonchev–Trinajstić information content (AvgIpc) is 2.66. The van der Waals surface area contributed by atoms with Crippen LogP contribution in [0.4, 0.5) is 13.2 Å². The van der Waals surface area contributed by atoms with Crippen LogP contribution < -0.4 is 0 Å². The number of halogens is 5. The first-order chi connectivity index (χ1) is 8.41. The molecule has 0 saturated heterocycles. The van der Waals surface area contributed by atoms with Gasteiger partial charge >= 0.3 is 0 Å². The van der Waals surface area contributed by atoms with Crippen molar-refractivity contribution in [3.8, 4) is 0 Å². The van der Waals surface area contributed by atoms with E-state index in [1.54, 1.807) is 0 Å². The number of hydrogen-bond donors (Lipinski definition) is 1. The van der Waals surface area contributed by atoms with E-state index in [0.717, 1.165) is 23.5 Å². The van der Waals surface area contributed by atoms with E-state index in [0.29, 0.717) is 13.7 Å². The molecule has 96 valence electrons.